The molecule has 3 rings (SSSR count). The number of aromatic nitrogens is 1. The number of nitrogens with one attached hydrogen (secondary N) is 1. The maximum absolute atomic E-state index is 11.5. The van der Waals surface area contributed by atoms with E-state index in [0.29, 0.717) is 24.3 Å². The van der Waals surface area contributed by atoms with Crippen molar-refractivity contribution in [1.82, 2.24) is 15.2 Å². The monoisotopic (exact) mass is 317 g/mol. The van der Waals surface area contributed by atoms with Crippen LogP contribution in [0.1, 0.15) is 44.6 Å². The number of pyridine rings is 1. The molecule has 2 aliphatic rings. The molecule has 0 aliphatic carbocycles. The number of hydrogen-bond acceptors (Lipinski definition) is 4. The van der Waals surface area contributed by atoms with Crippen molar-refractivity contribution < 1.29 is 9.53 Å². The third-order valence-electron chi connectivity index (χ3n) is 5.27. The van der Waals surface area contributed by atoms with Gasteiger partial charge in [0.15, 0.2) is 0 Å². The lowest BCUT2D eigenvalue weighted by molar-refractivity contribution is -0.121. The van der Waals surface area contributed by atoms with Gasteiger partial charge in [0.1, 0.15) is 0 Å². The Morgan fingerprint density at radius 1 is 1.26 bits per heavy atom. The quantitative estimate of drug-likeness (QED) is 0.926. The summed E-state index contributed by atoms with van der Waals surface area (Å²) in [6.07, 6.45) is 7.21. The highest BCUT2D eigenvalue weighted by Gasteiger charge is 2.35. The molecule has 1 aromatic rings. The van der Waals surface area contributed by atoms with Crippen LogP contribution in [0.15, 0.2) is 18.3 Å². The second kappa shape index (κ2) is 7.30. The summed E-state index contributed by atoms with van der Waals surface area (Å²) in [5, 5.41) is 3.01. The predicted octanol–water partition coefficient (Wildman–Crippen LogP) is 2.36. The first-order valence-electron chi connectivity index (χ1n) is 8.76. The van der Waals surface area contributed by atoms with Crippen LogP contribution in [0.3, 0.4) is 0 Å². The van der Waals surface area contributed by atoms with Crippen molar-refractivity contribution in [2.45, 2.75) is 45.6 Å². The van der Waals surface area contributed by atoms with E-state index in [2.05, 4.69) is 21.3 Å². The normalized spacial score (nSPS) is 21.7. The van der Waals surface area contributed by atoms with E-state index in [0.717, 1.165) is 39.0 Å². The molecule has 3 heterocycles. The van der Waals surface area contributed by atoms with Gasteiger partial charge in [0.2, 0.25) is 11.8 Å². The molecule has 1 N–H and O–H groups in total. The number of likely N-dealkylation sites (tertiary alicyclic amines) is 1. The zero-order valence-corrected chi connectivity index (χ0v) is 14.0. The van der Waals surface area contributed by atoms with E-state index in [1.165, 1.54) is 18.4 Å². The lowest BCUT2D eigenvalue weighted by Crippen LogP contribution is -2.40. The minimum Gasteiger partial charge on any atom is -0.478 e. The Morgan fingerprint density at radius 3 is 2.78 bits per heavy atom. The first-order valence-corrected chi connectivity index (χ1v) is 8.76. The fourth-order valence-electron chi connectivity index (χ4n) is 3.74. The Kier molecular flexibility index (Phi) is 5.16. The average Bonchev–Trinajstić information content (AvgIpc) is 2.74. The summed E-state index contributed by atoms with van der Waals surface area (Å²) in [6.45, 7) is 6.64. The Hall–Kier alpha value is -1.62. The van der Waals surface area contributed by atoms with E-state index in [-0.39, 0.29) is 5.91 Å². The Morgan fingerprint density at radius 2 is 2.09 bits per heavy atom. The minimum atomic E-state index is 0.227. The van der Waals surface area contributed by atoms with Gasteiger partial charge in [-0.15, -0.1) is 0 Å². The maximum Gasteiger partial charge on any atom is 0.220 e. The van der Waals surface area contributed by atoms with Crippen molar-refractivity contribution in [2.24, 2.45) is 5.41 Å². The van der Waals surface area contributed by atoms with Crippen LogP contribution < -0.4 is 10.1 Å². The molecule has 0 bridgehead atoms. The highest BCUT2D eigenvalue weighted by atomic mass is 16.5. The number of nitrogens with zero attached hydrogens (tertiary/aromatic N) is 2. The molecule has 0 radical (unpaired) electrons. The molecule has 1 amide bonds. The van der Waals surface area contributed by atoms with Crippen LogP contribution in [0.2, 0.25) is 0 Å². The Labute approximate surface area is 138 Å². The average molecular weight is 317 g/mol. The van der Waals surface area contributed by atoms with Gasteiger partial charge in [-0.3, -0.25) is 9.69 Å². The highest BCUT2D eigenvalue weighted by molar-refractivity contribution is 5.76. The molecule has 5 heteroatoms. The van der Waals surface area contributed by atoms with E-state index in [9.17, 15) is 4.79 Å². The first-order chi connectivity index (χ1) is 11.2. The maximum atomic E-state index is 11.5. The highest BCUT2D eigenvalue weighted by Crippen LogP contribution is 2.40. The summed E-state index contributed by atoms with van der Waals surface area (Å²) >= 11 is 0. The molecule has 2 fully saturated rings. The van der Waals surface area contributed by atoms with Gasteiger partial charge in [0, 0.05) is 31.8 Å². The van der Waals surface area contributed by atoms with E-state index in [1.807, 2.05) is 19.2 Å². The van der Waals surface area contributed by atoms with E-state index in [4.69, 9.17) is 4.74 Å². The van der Waals surface area contributed by atoms with Crippen molar-refractivity contribution >= 4 is 5.91 Å². The number of carbonyl (C=O) groups is 1. The van der Waals surface area contributed by atoms with E-state index < -0.39 is 0 Å². The van der Waals surface area contributed by atoms with Crippen LogP contribution in [0.5, 0.6) is 5.88 Å². The molecule has 1 spiro atoms. The number of rotatable bonds is 4. The second-order valence-corrected chi connectivity index (χ2v) is 6.81. The topological polar surface area (TPSA) is 54.5 Å². The zero-order valence-electron chi connectivity index (χ0n) is 14.0. The molecule has 0 atom stereocenters. The lowest BCUT2D eigenvalue weighted by Gasteiger charge is -2.41. The SMILES string of the molecule is CCOc1ccc(CN2CCC3(CCNC(=O)CC3)CC2)cn1. The van der Waals surface area contributed by atoms with Crippen LogP contribution in [0.4, 0.5) is 0 Å². The molecule has 2 saturated heterocycles. The van der Waals surface area contributed by atoms with Crippen LogP contribution in [-0.4, -0.2) is 42.0 Å². The number of amides is 1. The number of ether oxygens (including phenoxy) is 1. The van der Waals surface area contributed by atoms with Gasteiger partial charge < -0.3 is 10.1 Å². The number of piperidine rings is 1. The molecular weight excluding hydrogens is 290 g/mol. The standard InChI is InChI=1S/C18H27N3O2/c1-2-23-17-4-3-15(13-20-17)14-21-11-8-18(9-12-21)6-5-16(22)19-10-7-18/h3-4,13H,2,5-12,14H2,1H3,(H,19,22). The fraction of sp³-hybridized carbons (Fsp3) is 0.667. The number of hydrogen-bond donors (Lipinski definition) is 1. The van der Waals surface area contributed by atoms with Crippen LogP contribution in [0.25, 0.3) is 0 Å². The predicted molar refractivity (Wildman–Crippen MR) is 89.2 cm³/mol. The summed E-state index contributed by atoms with van der Waals surface area (Å²) in [5.41, 5.74) is 1.62. The van der Waals surface area contributed by atoms with Crippen LogP contribution in [0, 0.1) is 5.41 Å². The summed E-state index contributed by atoms with van der Waals surface area (Å²) in [4.78, 5) is 18.4. The van der Waals surface area contributed by atoms with E-state index in [1.54, 1.807) is 0 Å². The van der Waals surface area contributed by atoms with Gasteiger partial charge in [-0.05, 0) is 56.7 Å². The Balaban J connectivity index is 1.51. The molecule has 1 aromatic heterocycles. The minimum absolute atomic E-state index is 0.227. The summed E-state index contributed by atoms with van der Waals surface area (Å²) in [5.74, 6) is 0.925. The smallest absolute Gasteiger partial charge is 0.220 e. The van der Waals surface area contributed by atoms with E-state index >= 15 is 0 Å². The third-order valence-corrected chi connectivity index (χ3v) is 5.27. The lowest BCUT2D eigenvalue weighted by atomic mass is 9.73. The van der Waals surface area contributed by atoms with Gasteiger partial charge in [-0.2, -0.15) is 0 Å². The molecule has 2 aliphatic heterocycles. The fourth-order valence-corrected chi connectivity index (χ4v) is 3.74. The number of carbonyl (C=O) groups excluding carboxylic acids is 1. The summed E-state index contributed by atoms with van der Waals surface area (Å²) in [6, 6.07) is 4.06. The molecule has 23 heavy (non-hydrogen) atoms. The summed E-state index contributed by atoms with van der Waals surface area (Å²) < 4.78 is 5.39. The van der Waals surface area contributed by atoms with Gasteiger partial charge in [0.05, 0.1) is 6.61 Å². The molecule has 0 aromatic carbocycles. The van der Waals surface area contributed by atoms with Crippen molar-refractivity contribution in [3.8, 4) is 5.88 Å². The van der Waals surface area contributed by atoms with Crippen LogP contribution >= 0.6 is 0 Å². The van der Waals surface area contributed by atoms with Crippen LogP contribution in [-0.2, 0) is 11.3 Å². The molecule has 126 valence electrons. The molecule has 5 nitrogen and oxygen atoms in total. The molecule has 0 unspecified atom stereocenters. The second-order valence-electron chi connectivity index (χ2n) is 6.81. The molecular formula is C18H27N3O2. The molecule has 0 saturated carbocycles. The Bertz CT molecular complexity index is 522. The van der Waals surface area contributed by atoms with Crippen molar-refractivity contribution in [1.29, 1.82) is 0 Å². The van der Waals surface area contributed by atoms with Gasteiger partial charge in [-0.1, -0.05) is 6.07 Å². The largest absolute Gasteiger partial charge is 0.478 e. The van der Waals surface area contributed by atoms with Gasteiger partial charge >= 0.3 is 0 Å². The zero-order chi connectivity index (χ0) is 16.1. The first kappa shape index (κ1) is 16.2. The van der Waals surface area contributed by atoms with Gasteiger partial charge in [0.25, 0.3) is 0 Å². The van der Waals surface area contributed by atoms with Crippen molar-refractivity contribution in [3.63, 3.8) is 0 Å². The van der Waals surface area contributed by atoms with Crippen molar-refractivity contribution in [3.05, 3.63) is 23.9 Å². The summed E-state index contributed by atoms with van der Waals surface area (Å²) in [7, 11) is 0. The third kappa shape index (κ3) is 4.22. The van der Waals surface area contributed by atoms with Crippen molar-refractivity contribution in [2.75, 3.05) is 26.2 Å². The van der Waals surface area contributed by atoms with Gasteiger partial charge in [-0.25, -0.2) is 4.98 Å².